The molecule has 0 unspecified atom stereocenters. The van der Waals surface area contributed by atoms with Crippen molar-refractivity contribution < 1.29 is 4.74 Å². The van der Waals surface area contributed by atoms with E-state index in [0.717, 1.165) is 34.1 Å². The second kappa shape index (κ2) is 5.15. The van der Waals surface area contributed by atoms with Crippen LogP contribution in [-0.2, 0) is 0 Å². The lowest BCUT2D eigenvalue weighted by Crippen LogP contribution is -2.35. The summed E-state index contributed by atoms with van der Waals surface area (Å²) < 4.78 is 9.00. The Balaban J connectivity index is 1.48. The fraction of sp³-hybridized carbons (Fsp3) is 0.250. The van der Waals surface area contributed by atoms with E-state index in [9.17, 15) is 0 Å². The van der Waals surface area contributed by atoms with Gasteiger partial charge in [-0.15, -0.1) is 0 Å². The van der Waals surface area contributed by atoms with Gasteiger partial charge in [-0.25, -0.2) is 0 Å². The maximum absolute atomic E-state index is 5.95. The van der Waals surface area contributed by atoms with Crippen LogP contribution in [0.25, 0.3) is 11.0 Å². The molecule has 2 heterocycles. The van der Waals surface area contributed by atoms with Crippen molar-refractivity contribution in [2.24, 2.45) is 0 Å². The molecule has 0 saturated heterocycles. The molecule has 0 spiro atoms. The Morgan fingerprint density at radius 2 is 1.95 bits per heavy atom. The smallest absolute Gasteiger partial charge is 0.119 e. The number of para-hydroxylation sites is 1. The molecule has 2 aromatic heterocycles. The van der Waals surface area contributed by atoms with E-state index >= 15 is 0 Å². The first kappa shape index (κ1) is 12.8. The maximum Gasteiger partial charge on any atom is 0.119 e. The number of benzene rings is 1. The Morgan fingerprint density at radius 1 is 1.14 bits per heavy atom. The van der Waals surface area contributed by atoms with Crippen molar-refractivity contribution in [3.05, 3.63) is 53.3 Å². The summed E-state index contributed by atoms with van der Waals surface area (Å²) in [5.74, 6) is 0.940. The molecule has 4 nitrogen and oxygen atoms in total. The molecule has 5 heteroatoms. The highest BCUT2D eigenvalue weighted by atomic mass is 79.9. The van der Waals surface area contributed by atoms with Gasteiger partial charge in [0, 0.05) is 23.5 Å². The molecule has 0 bridgehead atoms. The number of aromatic nitrogens is 3. The van der Waals surface area contributed by atoms with Crippen LogP contribution in [0, 0.1) is 0 Å². The SMILES string of the molecule is Brc1cnc2cnn(C3CC(Oc4ccccc4)C3)c2c1. The van der Waals surface area contributed by atoms with Crippen molar-refractivity contribution in [2.75, 3.05) is 0 Å². The van der Waals surface area contributed by atoms with Gasteiger partial charge in [-0.2, -0.15) is 5.10 Å². The van der Waals surface area contributed by atoms with Gasteiger partial charge in [0.2, 0.25) is 0 Å². The minimum Gasteiger partial charge on any atom is -0.490 e. The van der Waals surface area contributed by atoms with E-state index in [1.807, 2.05) is 36.5 Å². The fourth-order valence-electron chi connectivity index (χ4n) is 2.72. The number of hydrogen-bond donors (Lipinski definition) is 0. The molecular weight excluding hydrogens is 330 g/mol. The lowest BCUT2D eigenvalue weighted by molar-refractivity contribution is 0.0667. The largest absolute Gasteiger partial charge is 0.490 e. The van der Waals surface area contributed by atoms with Crippen LogP contribution in [0.15, 0.2) is 53.3 Å². The van der Waals surface area contributed by atoms with E-state index < -0.39 is 0 Å². The molecular formula is C16H14BrN3O. The molecule has 0 radical (unpaired) electrons. The predicted molar refractivity (Wildman–Crippen MR) is 84.4 cm³/mol. The second-order valence-corrected chi connectivity index (χ2v) is 6.24. The molecule has 21 heavy (non-hydrogen) atoms. The summed E-state index contributed by atoms with van der Waals surface area (Å²) in [5.41, 5.74) is 2.01. The molecule has 3 aromatic rings. The Labute approximate surface area is 130 Å². The zero-order valence-corrected chi connectivity index (χ0v) is 12.9. The normalized spacial score (nSPS) is 21.2. The predicted octanol–water partition coefficient (Wildman–Crippen LogP) is 3.98. The third-order valence-electron chi connectivity index (χ3n) is 3.88. The van der Waals surface area contributed by atoms with Crippen molar-refractivity contribution in [1.29, 1.82) is 0 Å². The molecule has 0 aliphatic heterocycles. The van der Waals surface area contributed by atoms with Crippen LogP contribution in [-0.4, -0.2) is 20.9 Å². The summed E-state index contributed by atoms with van der Waals surface area (Å²) in [7, 11) is 0. The molecule has 4 rings (SSSR count). The summed E-state index contributed by atoms with van der Waals surface area (Å²) in [6, 6.07) is 12.4. The second-order valence-electron chi connectivity index (χ2n) is 5.33. The molecule has 1 aromatic carbocycles. The van der Waals surface area contributed by atoms with E-state index in [-0.39, 0.29) is 6.10 Å². The van der Waals surface area contributed by atoms with Gasteiger partial charge in [0.05, 0.1) is 17.8 Å². The van der Waals surface area contributed by atoms with Crippen LogP contribution in [0.5, 0.6) is 5.75 Å². The molecule has 0 atom stereocenters. The number of ether oxygens (including phenoxy) is 1. The number of hydrogen-bond acceptors (Lipinski definition) is 3. The van der Waals surface area contributed by atoms with Gasteiger partial charge in [-0.1, -0.05) is 18.2 Å². The average molecular weight is 344 g/mol. The van der Waals surface area contributed by atoms with Crippen molar-refractivity contribution in [3.63, 3.8) is 0 Å². The average Bonchev–Trinajstić information content (AvgIpc) is 2.86. The highest BCUT2D eigenvalue weighted by Crippen LogP contribution is 2.36. The topological polar surface area (TPSA) is 39.9 Å². The first-order chi connectivity index (χ1) is 10.3. The Morgan fingerprint density at radius 3 is 2.76 bits per heavy atom. The maximum atomic E-state index is 5.95. The minimum absolute atomic E-state index is 0.275. The number of nitrogens with zero attached hydrogens (tertiary/aromatic N) is 3. The van der Waals surface area contributed by atoms with E-state index in [1.54, 1.807) is 6.20 Å². The van der Waals surface area contributed by atoms with E-state index in [4.69, 9.17) is 4.74 Å². The van der Waals surface area contributed by atoms with Crippen LogP contribution in [0.2, 0.25) is 0 Å². The molecule has 1 saturated carbocycles. The number of fused-ring (bicyclic) bond motifs is 1. The summed E-state index contributed by atoms with van der Waals surface area (Å²) in [6.45, 7) is 0. The standard InChI is InChI=1S/C16H14BrN3O/c17-11-6-16-15(18-9-11)10-19-20(16)12-7-14(8-12)21-13-4-2-1-3-5-13/h1-6,9-10,12,14H,7-8H2. The lowest BCUT2D eigenvalue weighted by atomic mass is 9.89. The van der Waals surface area contributed by atoms with Crippen molar-refractivity contribution in [1.82, 2.24) is 14.8 Å². The Hall–Kier alpha value is -1.88. The molecule has 1 aliphatic rings. The zero-order chi connectivity index (χ0) is 14.2. The quantitative estimate of drug-likeness (QED) is 0.722. The molecule has 1 aliphatic carbocycles. The van der Waals surface area contributed by atoms with Gasteiger partial charge >= 0.3 is 0 Å². The van der Waals surface area contributed by atoms with Gasteiger partial charge in [0.25, 0.3) is 0 Å². The lowest BCUT2D eigenvalue weighted by Gasteiger charge is -2.35. The highest BCUT2D eigenvalue weighted by Gasteiger charge is 2.33. The Bertz CT molecular complexity index is 766. The summed E-state index contributed by atoms with van der Waals surface area (Å²) in [4.78, 5) is 4.37. The molecule has 0 N–H and O–H groups in total. The monoisotopic (exact) mass is 343 g/mol. The Kier molecular flexibility index (Phi) is 3.15. The third-order valence-corrected chi connectivity index (χ3v) is 4.31. The first-order valence-electron chi connectivity index (χ1n) is 7.00. The van der Waals surface area contributed by atoms with E-state index in [1.165, 1.54) is 0 Å². The van der Waals surface area contributed by atoms with Gasteiger partial charge < -0.3 is 4.74 Å². The number of pyridine rings is 1. The number of halogens is 1. The zero-order valence-electron chi connectivity index (χ0n) is 11.3. The van der Waals surface area contributed by atoms with E-state index in [0.29, 0.717) is 6.04 Å². The molecule has 0 amide bonds. The van der Waals surface area contributed by atoms with Crippen molar-refractivity contribution in [3.8, 4) is 5.75 Å². The third kappa shape index (κ3) is 2.42. The van der Waals surface area contributed by atoms with Gasteiger partial charge in [0.1, 0.15) is 17.4 Å². The van der Waals surface area contributed by atoms with Crippen LogP contribution in [0.4, 0.5) is 0 Å². The molecule has 1 fully saturated rings. The molecule has 106 valence electrons. The highest BCUT2D eigenvalue weighted by molar-refractivity contribution is 9.10. The van der Waals surface area contributed by atoms with Crippen LogP contribution in [0.3, 0.4) is 0 Å². The van der Waals surface area contributed by atoms with Gasteiger partial charge in [-0.05, 0) is 34.1 Å². The van der Waals surface area contributed by atoms with Crippen LogP contribution >= 0.6 is 15.9 Å². The van der Waals surface area contributed by atoms with Crippen LogP contribution < -0.4 is 4.74 Å². The summed E-state index contributed by atoms with van der Waals surface area (Å²) in [5, 5.41) is 4.48. The number of rotatable bonds is 3. The van der Waals surface area contributed by atoms with Crippen LogP contribution in [0.1, 0.15) is 18.9 Å². The first-order valence-corrected chi connectivity index (χ1v) is 7.79. The van der Waals surface area contributed by atoms with Crippen molar-refractivity contribution >= 4 is 27.0 Å². The fourth-order valence-corrected chi connectivity index (χ4v) is 3.04. The minimum atomic E-state index is 0.275. The van der Waals surface area contributed by atoms with Crippen molar-refractivity contribution in [2.45, 2.75) is 25.0 Å². The van der Waals surface area contributed by atoms with E-state index in [2.05, 4.69) is 36.8 Å². The summed E-state index contributed by atoms with van der Waals surface area (Å²) in [6.07, 6.45) is 5.87. The summed E-state index contributed by atoms with van der Waals surface area (Å²) >= 11 is 3.47. The van der Waals surface area contributed by atoms with Gasteiger partial charge in [0.15, 0.2) is 0 Å². The van der Waals surface area contributed by atoms with Gasteiger partial charge in [-0.3, -0.25) is 9.67 Å².